The van der Waals surface area contributed by atoms with Crippen LogP contribution < -0.4 is 11.1 Å². The van der Waals surface area contributed by atoms with E-state index in [2.05, 4.69) is 5.32 Å². The highest BCUT2D eigenvalue weighted by Gasteiger charge is 2.14. The van der Waals surface area contributed by atoms with Gasteiger partial charge in [0.25, 0.3) is 0 Å². The second-order valence-electron chi connectivity index (χ2n) is 3.66. The van der Waals surface area contributed by atoms with Gasteiger partial charge in [-0.25, -0.2) is 0 Å². The molecule has 4 heteroatoms. The van der Waals surface area contributed by atoms with Crippen molar-refractivity contribution in [2.75, 3.05) is 6.54 Å². The lowest BCUT2D eigenvalue weighted by molar-refractivity contribution is -0.125. The molecule has 4 nitrogen and oxygen atoms in total. The molecule has 0 unspecified atom stereocenters. The molecule has 0 radical (unpaired) electrons. The van der Waals surface area contributed by atoms with E-state index in [1.807, 2.05) is 41.5 Å². The van der Waals surface area contributed by atoms with Crippen molar-refractivity contribution in [3.63, 3.8) is 0 Å². The normalized spacial score (nSPS) is 10.4. The number of hydrogen-bond acceptors (Lipinski definition) is 3. The van der Waals surface area contributed by atoms with Gasteiger partial charge in [0.05, 0.1) is 12.6 Å². The van der Waals surface area contributed by atoms with Gasteiger partial charge in [-0.2, -0.15) is 0 Å². The van der Waals surface area contributed by atoms with Crippen LogP contribution in [-0.4, -0.2) is 24.3 Å². The summed E-state index contributed by atoms with van der Waals surface area (Å²) in [6, 6.07) is -0.501. The zero-order valence-electron chi connectivity index (χ0n) is 12.5. The number of carbonyl (C=O) groups is 2. The highest BCUT2D eigenvalue weighted by Crippen LogP contribution is 2.01. The van der Waals surface area contributed by atoms with E-state index in [-0.39, 0.29) is 18.2 Å². The molecule has 3 N–H and O–H groups in total. The quantitative estimate of drug-likeness (QED) is 0.780. The number of hydrogen-bond donors (Lipinski definition) is 2. The zero-order valence-corrected chi connectivity index (χ0v) is 12.5. The number of nitrogens with two attached hydrogens (primary N) is 1. The maximum Gasteiger partial charge on any atom is 0.237 e. The molecular weight excluding hydrogens is 216 g/mol. The maximum absolute atomic E-state index is 11.2. The van der Waals surface area contributed by atoms with Gasteiger partial charge in [0.2, 0.25) is 5.91 Å². The highest BCUT2D eigenvalue weighted by molar-refractivity contribution is 5.87. The molecule has 0 aliphatic carbocycles. The number of Topliss-reactive ketones (excluding diaryl/α,β-unsaturated/α-hetero) is 1. The summed E-state index contributed by atoms with van der Waals surface area (Å²) < 4.78 is 0. The topological polar surface area (TPSA) is 72.2 Å². The van der Waals surface area contributed by atoms with Crippen LogP contribution >= 0.6 is 0 Å². The first-order valence-corrected chi connectivity index (χ1v) is 6.46. The average Bonchev–Trinajstić information content (AvgIpc) is 2.30. The summed E-state index contributed by atoms with van der Waals surface area (Å²) in [4.78, 5) is 21.7. The fourth-order valence-corrected chi connectivity index (χ4v) is 0.958. The van der Waals surface area contributed by atoms with E-state index in [4.69, 9.17) is 5.73 Å². The predicted octanol–water partition coefficient (Wildman–Crippen LogP) is 2.12. The number of carbonyl (C=O) groups excluding carboxylic acids is 2. The molecule has 0 aliphatic heterocycles. The van der Waals surface area contributed by atoms with E-state index >= 15 is 0 Å². The van der Waals surface area contributed by atoms with Gasteiger partial charge in [0.1, 0.15) is 5.78 Å². The van der Waals surface area contributed by atoms with Gasteiger partial charge in [-0.3, -0.25) is 9.59 Å². The molecule has 0 fully saturated rings. The minimum atomic E-state index is -0.501. The summed E-state index contributed by atoms with van der Waals surface area (Å²) in [7, 11) is 0. The standard InChI is InChI=1S/C9H18N2O2.2C2H6/c1-6(2)4-8(10)9(13)11-5-7(3)12;2*1-2/h6,8H,4-5,10H2,1-3H3,(H,11,13);2*1-2H3/t8-;;/m0../s1. The molecule has 0 spiro atoms. The van der Waals surface area contributed by atoms with E-state index in [9.17, 15) is 9.59 Å². The van der Waals surface area contributed by atoms with Crippen LogP contribution in [-0.2, 0) is 9.59 Å². The van der Waals surface area contributed by atoms with Crippen LogP contribution in [0.2, 0.25) is 0 Å². The van der Waals surface area contributed by atoms with Crippen molar-refractivity contribution in [3.05, 3.63) is 0 Å². The summed E-state index contributed by atoms with van der Waals surface area (Å²) in [5, 5.41) is 2.47. The van der Waals surface area contributed by atoms with E-state index in [1.54, 1.807) is 0 Å². The Kier molecular flexibility index (Phi) is 19.0. The fourth-order valence-electron chi connectivity index (χ4n) is 0.958. The molecule has 0 rings (SSSR count). The molecular formula is C13H30N2O2. The minimum absolute atomic E-state index is 0.0647. The summed E-state index contributed by atoms with van der Waals surface area (Å²) in [6.07, 6.45) is 0.643. The Morgan fingerprint density at radius 2 is 1.53 bits per heavy atom. The van der Waals surface area contributed by atoms with Crippen LogP contribution in [0, 0.1) is 5.92 Å². The van der Waals surface area contributed by atoms with Crippen LogP contribution in [0.15, 0.2) is 0 Å². The van der Waals surface area contributed by atoms with Crippen molar-refractivity contribution in [2.24, 2.45) is 11.7 Å². The Morgan fingerprint density at radius 1 is 1.12 bits per heavy atom. The average molecular weight is 246 g/mol. The predicted molar refractivity (Wildman–Crippen MR) is 73.8 cm³/mol. The van der Waals surface area contributed by atoms with Gasteiger partial charge in [-0.15, -0.1) is 0 Å². The molecule has 1 amide bonds. The second kappa shape index (κ2) is 15.1. The molecule has 104 valence electrons. The first kappa shape index (κ1) is 21.4. The van der Waals surface area contributed by atoms with Gasteiger partial charge >= 0.3 is 0 Å². The Balaban J connectivity index is -0.000000439. The highest BCUT2D eigenvalue weighted by atomic mass is 16.2. The van der Waals surface area contributed by atoms with Gasteiger partial charge in [0.15, 0.2) is 0 Å². The molecule has 0 heterocycles. The Morgan fingerprint density at radius 3 is 1.82 bits per heavy atom. The lowest BCUT2D eigenvalue weighted by atomic mass is 10.0. The monoisotopic (exact) mass is 246 g/mol. The van der Waals surface area contributed by atoms with E-state index in [0.29, 0.717) is 12.3 Å². The maximum atomic E-state index is 11.2. The molecule has 0 aromatic rings. The summed E-state index contributed by atoms with van der Waals surface area (Å²) in [6.45, 7) is 13.5. The third-order valence-corrected chi connectivity index (χ3v) is 1.57. The number of amides is 1. The number of nitrogens with one attached hydrogen (secondary N) is 1. The van der Waals surface area contributed by atoms with Crippen molar-refractivity contribution < 1.29 is 9.59 Å². The van der Waals surface area contributed by atoms with Crippen LogP contribution in [0.5, 0.6) is 0 Å². The SMILES string of the molecule is CC.CC.CC(=O)CNC(=O)[C@@H](N)CC(C)C. The molecule has 0 bridgehead atoms. The second-order valence-corrected chi connectivity index (χ2v) is 3.66. The number of rotatable bonds is 5. The van der Waals surface area contributed by atoms with Crippen molar-refractivity contribution in [1.29, 1.82) is 0 Å². The molecule has 17 heavy (non-hydrogen) atoms. The molecule has 0 aromatic heterocycles. The van der Waals surface area contributed by atoms with Crippen LogP contribution in [0.1, 0.15) is 54.9 Å². The first-order valence-electron chi connectivity index (χ1n) is 6.46. The lowest BCUT2D eigenvalue weighted by Crippen LogP contribution is -2.42. The van der Waals surface area contributed by atoms with E-state index < -0.39 is 6.04 Å². The van der Waals surface area contributed by atoms with Gasteiger partial charge in [-0.1, -0.05) is 41.5 Å². The van der Waals surface area contributed by atoms with Crippen LogP contribution in [0.25, 0.3) is 0 Å². The van der Waals surface area contributed by atoms with E-state index in [0.717, 1.165) is 0 Å². The Hall–Kier alpha value is -0.900. The first-order chi connectivity index (χ1) is 7.93. The van der Waals surface area contributed by atoms with Crippen molar-refractivity contribution in [3.8, 4) is 0 Å². The van der Waals surface area contributed by atoms with Crippen LogP contribution in [0.3, 0.4) is 0 Å². The number of ketones is 1. The smallest absolute Gasteiger partial charge is 0.237 e. The molecule has 0 aliphatic rings. The molecule has 0 saturated carbocycles. The summed E-state index contributed by atoms with van der Waals surface area (Å²) in [5.74, 6) is 0.0760. The van der Waals surface area contributed by atoms with Gasteiger partial charge in [-0.05, 0) is 19.3 Å². The Bertz CT molecular complexity index is 192. The van der Waals surface area contributed by atoms with Crippen molar-refractivity contribution in [2.45, 2.75) is 60.9 Å². The van der Waals surface area contributed by atoms with Gasteiger partial charge in [0, 0.05) is 0 Å². The molecule has 0 aromatic carbocycles. The molecule has 1 atom stereocenters. The summed E-state index contributed by atoms with van der Waals surface area (Å²) >= 11 is 0. The third-order valence-electron chi connectivity index (χ3n) is 1.57. The third kappa shape index (κ3) is 17.7. The van der Waals surface area contributed by atoms with Crippen molar-refractivity contribution >= 4 is 11.7 Å². The minimum Gasteiger partial charge on any atom is -0.348 e. The largest absolute Gasteiger partial charge is 0.348 e. The summed E-state index contributed by atoms with van der Waals surface area (Å²) in [5.41, 5.74) is 5.58. The Labute approximate surface area is 106 Å². The fraction of sp³-hybridized carbons (Fsp3) is 0.846. The lowest BCUT2D eigenvalue weighted by Gasteiger charge is -2.13. The zero-order chi connectivity index (χ0) is 14.4. The van der Waals surface area contributed by atoms with Crippen molar-refractivity contribution in [1.82, 2.24) is 5.32 Å². The molecule has 0 saturated heterocycles. The van der Waals surface area contributed by atoms with Crippen LogP contribution in [0.4, 0.5) is 0 Å². The van der Waals surface area contributed by atoms with Gasteiger partial charge < -0.3 is 11.1 Å². The van der Waals surface area contributed by atoms with E-state index in [1.165, 1.54) is 6.92 Å².